The average molecular weight is 972 g/mol. The van der Waals surface area contributed by atoms with E-state index in [1.54, 1.807) is 0 Å². The number of hydrogen-bond acceptors (Lipinski definition) is 6. The predicted octanol–water partition coefficient (Wildman–Crippen LogP) is 20.7. The molecule has 0 rings (SSSR count). The van der Waals surface area contributed by atoms with Crippen LogP contribution in [0.1, 0.15) is 342 Å². The van der Waals surface area contributed by atoms with Crippen LogP contribution in [0.3, 0.4) is 0 Å². The van der Waals surface area contributed by atoms with Gasteiger partial charge in [-0.25, -0.2) is 0 Å². The molecule has 69 heavy (non-hydrogen) atoms. The van der Waals surface area contributed by atoms with Crippen molar-refractivity contribution < 1.29 is 28.6 Å². The van der Waals surface area contributed by atoms with Crippen molar-refractivity contribution in [1.82, 2.24) is 0 Å². The Bertz CT molecular complexity index is 1110. The first-order chi connectivity index (χ1) is 34.0. The van der Waals surface area contributed by atoms with E-state index >= 15 is 0 Å². The first-order valence-corrected chi connectivity index (χ1v) is 30.8. The van der Waals surface area contributed by atoms with Crippen molar-refractivity contribution >= 4 is 17.9 Å². The van der Waals surface area contributed by atoms with Gasteiger partial charge in [-0.05, 0) is 51.4 Å². The Morgan fingerprint density at radius 2 is 0.522 bits per heavy atom. The van der Waals surface area contributed by atoms with Crippen LogP contribution in [-0.2, 0) is 28.6 Å². The lowest BCUT2D eigenvalue weighted by atomic mass is 10.0. The summed E-state index contributed by atoms with van der Waals surface area (Å²) in [5.74, 6) is -0.851. The second kappa shape index (κ2) is 58.5. The van der Waals surface area contributed by atoms with E-state index in [1.165, 1.54) is 238 Å². The lowest BCUT2D eigenvalue weighted by Gasteiger charge is -2.18. The molecule has 0 amide bonds. The topological polar surface area (TPSA) is 78.9 Å². The molecule has 1 atom stereocenters. The maximum absolute atomic E-state index is 12.7. The molecule has 406 valence electrons. The maximum atomic E-state index is 12.7. The number of hydrogen-bond donors (Lipinski definition) is 0. The summed E-state index contributed by atoms with van der Waals surface area (Å²) in [6.45, 7) is 6.63. The number of carbonyl (C=O) groups excluding carboxylic acids is 3. The second-order valence-corrected chi connectivity index (χ2v) is 21.0. The molecule has 0 aromatic rings. The summed E-state index contributed by atoms with van der Waals surface area (Å²) >= 11 is 0. The second-order valence-electron chi connectivity index (χ2n) is 21.0. The number of carbonyl (C=O) groups is 3. The van der Waals surface area contributed by atoms with E-state index in [4.69, 9.17) is 14.2 Å². The summed E-state index contributed by atoms with van der Waals surface area (Å²) < 4.78 is 16.8. The van der Waals surface area contributed by atoms with Gasteiger partial charge in [0.1, 0.15) is 13.2 Å². The highest BCUT2D eigenvalue weighted by atomic mass is 16.6. The summed E-state index contributed by atoms with van der Waals surface area (Å²) in [7, 11) is 0. The zero-order valence-electron chi connectivity index (χ0n) is 46.6. The van der Waals surface area contributed by atoms with Crippen LogP contribution in [0.5, 0.6) is 0 Å². The third-order valence-corrected chi connectivity index (χ3v) is 14.0. The molecule has 0 aliphatic carbocycles. The summed E-state index contributed by atoms with van der Waals surface area (Å²) in [6, 6.07) is 0. The molecular formula is C63H118O6. The minimum atomic E-state index is -0.761. The highest BCUT2D eigenvalue weighted by Crippen LogP contribution is 2.17. The zero-order chi connectivity index (χ0) is 50.0. The van der Waals surface area contributed by atoms with E-state index in [9.17, 15) is 14.4 Å². The van der Waals surface area contributed by atoms with E-state index in [1.807, 2.05) is 0 Å². The Kier molecular flexibility index (Phi) is 56.7. The van der Waals surface area contributed by atoms with Crippen molar-refractivity contribution in [1.29, 1.82) is 0 Å². The van der Waals surface area contributed by atoms with E-state index in [0.29, 0.717) is 19.3 Å². The summed E-state index contributed by atoms with van der Waals surface area (Å²) in [6.07, 6.45) is 69.4. The molecule has 0 aliphatic heterocycles. The van der Waals surface area contributed by atoms with Crippen LogP contribution < -0.4 is 0 Å². The lowest BCUT2D eigenvalue weighted by Crippen LogP contribution is -2.30. The average Bonchev–Trinajstić information content (AvgIpc) is 3.35. The third-order valence-electron chi connectivity index (χ3n) is 14.0. The first kappa shape index (κ1) is 66.9. The van der Waals surface area contributed by atoms with Gasteiger partial charge in [0.05, 0.1) is 0 Å². The first-order valence-electron chi connectivity index (χ1n) is 30.8. The zero-order valence-corrected chi connectivity index (χ0v) is 46.6. The number of esters is 3. The van der Waals surface area contributed by atoms with E-state index in [0.717, 1.165) is 64.2 Å². The molecule has 0 saturated heterocycles. The molecule has 0 N–H and O–H groups in total. The van der Waals surface area contributed by atoms with Gasteiger partial charge in [0.25, 0.3) is 0 Å². The van der Waals surface area contributed by atoms with Gasteiger partial charge in [0, 0.05) is 19.3 Å². The molecule has 1 unspecified atom stereocenters. The molecule has 6 heteroatoms. The van der Waals surface area contributed by atoms with Crippen molar-refractivity contribution in [2.24, 2.45) is 0 Å². The fourth-order valence-corrected chi connectivity index (χ4v) is 9.30. The SMILES string of the molecule is CCCCCCC/C=C\C/C=C\CCCCCCCCCCCCCCCCCCCCCCCC(=O)OCC(COC(=O)CCCCCCCCCCC)OC(=O)CCCCCCCCCCC. The molecular weight excluding hydrogens is 853 g/mol. The fraction of sp³-hybridized carbons (Fsp3) is 0.889. The van der Waals surface area contributed by atoms with Crippen LogP contribution in [0, 0.1) is 0 Å². The Labute approximate surface area is 430 Å². The minimum absolute atomic E-state index is 0.0646. The summed E-state index contributed by atoms with van der Waals surface area (Å²) in [5, 5.41) is 0. The van der Waals surface area contributed by atoms with E-state index in [-0.39, 0.29) is 31.1 Å². The maximum Gasteiger partial charge on any atom is 0.306 e. The van der Waals surface area contributed by atoms with Gasteiger partial charge in [-0.2, -0.15) is 0 Å². The number of unbranched alkanes of at least 4 members (excludes halogenated alkanes) is 42. The summed E-state index contributed by atoms with van der Waals surface area (Å²) in [4.78, 5) is 37.9. The van der Waals surface area contributed by atoms with Crippen LogP contribution >= 0.6 is 0 Å². The quantitative estimate of drug-likeness (QED) is 0.0261. The molecule has 6 nitrogen and oxygen atoms in total. The molecule has 0 aromatic carbocycles. The molecule has 0 aliphatic rings. The Morgan fingerprint density at radius 3 is 0.797 bits per heavy atom. The standard InChI is InChI=1S/C63H118O6/c1-4-7-10-13-16-19-20-21-22-23-24-25-26-27-28-29-30-31-32-33-34-35-36-37-38-39-40-41-42-45-47-50-53-56-62(65)68-59-60(69-63(66)57-54-51-48-44-18-15-12-9-6-3)58-67-61(64)55-52-49-46-43-17-14-11-8-5-2/h20-21,23-24,60H,4-19,22,25-59H2,1-3H3/b21-20-,24-23-. The monoisotopic (exact) mass is 971 g/mol. The van der Waals surface area contributed by atoms with Crippen molar-refractivity contribution in [3.05, 3.63) is 24.3 Å². The van der Waals surface area contributed by atoms with Crippen LogP contribution in [0.4, 0.5) is 0 Å². The van der Waals surface area contributed by atoms with E-state index in [2.05, 4.69) is 45.1 Å². The van der Waals surface area contributed by atoms with Crippen LogP contribution in [0.2, 0.25) is 0 Å². The number of rotatable bonds is 57. The molecule has 0 fully saturated rings. The number of allylic oxidation sites excluding steroid dienone is 4. The minimum Gasteiger partial charge on any atom is -0.462 e. The number of ether oxygens (including phenoxy) is 3. The van der Waals surface area contributed by atoms with Crippen LogP contribution in [0.15, 0.2) is 24.3 Å². The van der Waals surface area contributed by atoms with Gasteiger partial charge in [-0.1, -0.05) is 295 Å². The third kappa shape index (κ3) is 56.7. The van der Waals surface area contributed by atoms with Gasteiger partial charge in [0.2, 0.25) is 0 Å². The normalized spacial score (nSPS) is 12.1. The molecule has 0 radical (unpaired) electrons. The molecule has 0 bridgehead atoms. The predicted molar refractivity (Wildman–Crippen MR) is 298 cm³/mol. The van der Waals surface area contributed by atoms with Crippen molar-refractivity contribution in [2.75, 3.05) is 13.2 Å². The van der Waals surface area contributed by atoms with Crippen LogP contribution in [0.25, 0.3) is 0 Å². The van der Waals surface area contributed by atoms with Crippen molar-refractivity contribution in [3.8, 4) is 0 Å². The van der Waals surface area contributed by atoms with Crippen molar-refractivity contribution in [3.63, 3.8) is 0 Å². The lowest BCUT2D eigenvalue weighted by molar-refractivity contribution is -0.167. The summed E-state index contributed by atoms with van der Waals surface area (Å²) in [5.41, 5.74) is 0. The largest absolute Gasteiger partial charge is 0.462 e. The van der Waals surface area contributed by atoms with Crippen molar-refractivity contribution in [2.45, 2.75) is 348 Å². The van der Waals surface area contributed by atoms with Crippen LogP contribution in [-0.4, -0.2) is 37.2 Å². The van der Waals surface area contributed by atoms with Gasteiger partial charge in [0.15, 0.2) is 6.10 Å². The Balaban J connectivity index is 3.89. The molecule has 0 aromatic heterocycles. The van der Waals surface area contributed by atoms with Gasteiger partial charge >= 0.3 is 17.9 Å². The van der Waals surface area contributed by atoms with Gasteiger partial charge in [-0.15, -0.1) is 0 Å². The van der Waals surface area contributed by atoms with E-state index < -0.39 is 6.10 Å². The molecule has 0 spiro atoms. The highest BCUT2D eigenvalue weighted by Gasteiger charge is 2.19. The fourth-order valence-electron chi connectivity index (χ4n) is 9.30. The molecule has 0 heterocycles. The Morgan fingerprint density at radius 1 is 0.290 bits per heavy atom. The highest BCUT2D eigenvalue weighted by molar-refractivity contribution is 5.71. The Hall–Kier alpha value is -2.11. The van der Waals surface area contributed by atoms with Gasteiger partial charge < -0.3 is 14.2 Å². The molecule has 0 saturated carbocycles. The smallest absolute Gasteiger partial charge is 0.306 e. The van der Waals surface area contributed by atoms with Gasteiger partial charge in [-0.3, -0.25) is 14.4 Å².